The molecular formula is C12H7OP. The predicted molar refractivity (Wildman–Crippen MR) is 57.5 cm³/mol. The Kier molecular flexibility index (Phi) is 1.56. The standard InChI is InChI=1S/C12H7OP/c13-9-5-3-7-11-12(9)8-4-1-2-6-10(8)14-11/h1-7H. The van der Waals surface area contributed by atoms with Gasteiger partial charge < -0.3 is 0 Å². The zero-order valence-electron chi connectivity index (χ0n) is 7.40. The minimum atomic E-state index is 0.139. The molecular weight excluding hydrogens is 191 g/mol. The van der Waals surface area contributed by atoms with E-state index >= 15 is 0 Å². The van der Waals surface area contributed by atoms with Gasteiger partial charge in [0.05, 0.1) is 0 Å². The summed E-state index contributed by atoms with van der Waals surface area (Å²) in [7, 11) is 1.16. The lowest BCUT2D eigenvalue weighted by Crippen LogP contribution is -2.11. The topological polar surface area (TPSA) is 17.1 Å². The second kappa shape index (κ2) is 2.76. The summed E-state index contributed by atoms with van der Waals surface area (Å²) < 4.78 is 0. The lowest BCUT2D eigenvalue weighted by Gasteiger charge is -2.02. The Hall–Kier alpha value is -1.46. The molecule has 0 bridgehead atoms. The average Bonchev–Trinajstić information content (AvgIpc) is 2.57. The van der Waals surface area contributed by atoms with E-state index < -0.39 is 0 Å². The van der Waals surface area contributed by atoms with E-state index in [0.717, 1.165) is 24.3 Å². The Morgan fingerprint density at radius 1 is 1.14 bits per heavy atom. The van der Waals surface area contributed by atoms with Crippen molar-refractivity contribution in [3.63, 3.8) is 0 Å². The van der Waals surface area contributed by atoms with Crippen LogP contribution in [0.2, 0.25) is 0 Å². The molecule has 1 aromatic rings. The normalized spacial score (nSPS) is 18.4. The van der Waals surface area contributed by atoms with Gasteiger partial charge in [-0.05, 0) is 23.4 Å². The molecule has 1 aliphatic heterocycles. The van der Waals surface area contributed by atoms with Crippen molar-refractivity contribution in [1.82, 2.24) is 0 Å². The van der Waals surface area contributed by atoms with Crippen LogP contribution in [0.4, 0.5) is 0 Å². The second-order valence-electron chi connectivity index (χ2n) is 3.28. The first kappa shape index (κ1) is 7.90. The molecule has 66 valence electrons. The monoisotopic (exact) mass is 198 g/mol. The van der Waals surface area contributed by atoms with E-state index in [1.165, 1.54) is 4.94 Å². The number of hydrogen-bond acceptors (Lipinski definition) is 1. The average molecular weight is 198 g/mol. The zero-order chi connectivity index (χ0) is 9.54. The number of ketones is 1. The van der Waals surface area contributed by atoms with Gasteiger partial charge >= 0.3 is 0 Å². The lowest BCUT2D eigenvalue weighted by atomic mass is 10.0. The van der Waals surface area contributed by atoms with Crippen molar-refractivity contribution in [3.05, 3.63) is 58.0 Å². The van der Waals surface area contributed by atoms with Crippen LogP contribution >= 0.6 is 8.20 Å². The van der Waals surface area contributed by atoms with Crippen molar-refractivity contribution in [3.8, 4) is 0 Å². The highest BCUT2D eigenvalue weighted by Crippen LogP contribution is 2.32. The maximum absolute atomic E-state index is 11.7. The van der Waals surface area contributed by atoms with Crippen LogP contribution in [0, 0.1) is 4.94 Å². The summed E-state index contributed by atoms with van der Waals surface area (Å²) in [5.41, 5.74) is 0.893. The minimum Gasteiger partial charge on any atom is -0.289 e. The van der Waals surface area contributed by atoms with E-state index in [-0.39, 0.29) is 5.78 Å². The van der Waals surface area contributed by atoms with Gasteiger partial charge in [0, 0.05) is 15.8 Å². The first-order chi connectivity index (χ1) is 6.86. The van der Waals surface area contributed by atoms with Crippen LogP contribution < -0.4 is 5.22 Å². The second-order valence-corrected chi connectivity index (χ2v) is 4.47. The van der Waals surface area contributed by atoms with E-state index in [1.54, 1.807) is 6.08 Å². The van der Waals surface area contributed by atoms with Gasteiger partial charge in [0.2, 0.25) is 0 Å². The summed E-state index contributed by atoms with van der Waals surface area (Å²) in [6.07, 6.45) is 5.49. The Balaban J connectivity index is 2.51. The van der Waals surface area contributed by atoms with Crippen molar-refractivity contribution in [2.45, 2.75) is 0 Å². The smallest absolute Gasteiger partial charge is 0.187 e. The highest BCUT2D eigenvalue weighted by molar-refractivity contribution is 7.36. The fourth-order valence-corrected chi connectivity index (χ4v) is 3.03. The van der Waals surface area contributed by atoms with Crippen molar-refractivity contribution in [1.29, 1.82) is 0 Å². The number of allylic oxidation sites excluding steroid dienone is 4. The van der Waals surface area contributed by atoms with Crippen LogP contribution in [0.25, 0.3) is 5.57 Å². The Morgan fingerprint density at radius 2 is 2.00 bits per heavy atom. The van der Waals surface area contributed by atoms with Crippen LogP contribution in [-0.2, 0) is 4.79 Å². The summed E-state index contributed by atoms with van der Waals surface area (Å²) in [5, 5.41) is 2.24. The van der Waals surface area contributed by atoms with Gasteiger partial charge in [-0.15, -0.1) is 0 Å². The molecule has 0 atom stereocenters. The number of benzene rings is 1. The largest absolute Gasteiger partial charge is 0.289 e. The van der Waals surface area contributed by atoms with Crippen LogP contribution in [0.15, 0.2) is 47.8 Å². The Labute approximate surface area is 82.9 Å². The van der Waals surface area contributed by atoms with Crippen LogP contribution in [-0.4, -0.2) is 5.78 Å². The maximum Gasteiger partial charge on any atom is 0.187 e. The van der Waals surface area contributed by atoms with Gasteiger partial charge in [-0.3, -0.25) is 4.79 Å². The van der Waals surface area contributed by atoms with Crippen LogP contribution in [0.5, 0.6) is 0 Å². The molecule has 1 aromatic carbocycles. The molecule has 0 saturated carbocycles. The van der Waals surface area contributed by atoms with E-state index in [2.05, 4.69) is 6.07 Å². The van der Waals surface area contributed by atoms with E-state index in [9.17, 15) is 4.79 Å². The van der Waals surface area contributed by atoms with Gasteiger partial charge in [-0.2, -0.15) is 0 Å². The summed E-state index contributed by atoms with van der Waals surface area (Å²) in [5.74, 6) is 0.139. The van der Waals surface area contributed by atoms with Crippen molar-refractivity contribution in [2.75, 3.05) is 0 Å². The number of carbonyl (C=O) groups excluding carboxylic acids is 1. The number of rotatable bonds is 0. The maximum atomic E-state index is 11.7. The molecule has 0 unspecified atom stereocenters. The van der Waals surface area contributed by atoms with Crippen molar-refractivity contribution >= 4 is 19.6 Å². The summed E-state index contributed by atoms with van der Waals surface area (Å²) in [6, 6.07) is 8.10. The Morgan fingerprint density at radius 3 is 2.93 bits per heavy atom. The molecule has 1 aliphatic carbocycles. The van der Waals surface area contributed by atoms with Gasteiger partial charge in [-0.1, -0.05) is 32.5 Å². The van der Waals surface area contributed by atoms with E-state index in [4.69, 9.17) is 0 Å². The first-order valence-electron chi connectivity index (χ1n) is 4.47. The van der Waals surface area contributed by atoms with E-state index in [1.807, 2.05) is 30.4 Å². The molecule has 14 heavy (non-hydrogen) atoms. The number of hydrogen-bond donors (Lipinski definition) is 0. The van der Waals surface area contributed by atoms with Gasteiger partial charge in [0.1, 0.15) is 0 Å². The first-order valence-corrected chi connectivity index (χ1v) is 5.37. The predicted octanol–water partition coefficient (Wildman–Crippen LogP) is 2.07. The van der Waals surface area contributed by atoms with Gasteiger partial charge in [-0.25, -0.2) is 0 Å². The molecule has 0 aromatic heterocycles. The zero-order valence-corrected chi connectivity index (χ0v) is 8.29. The molecule has 2 heteroatoms. The van der Waals surface area contributed by atoms with E-state index in [0.29, 0.717) is 0 Å². The summed E-state index contributed by atoms with van der Waals surface area (Å²) in [4.78, 5) is 12.9. The summed E-state index contributed by atoms with van der Waals surface area (Å²) in [6.45, 7) is 0. The van der Waals surface area contributed by atoms with Gasteiger partial charge in [0.25, 0.3) is 0 Å². The third kappa shape index (κ3) is 0.964. The number of carbonyl (C=O) groups is 1. The molecule has 2 aliphatic rings. The molecule has 0 amide bonds. The van der Waals surface area contributed by atoms with Crippen molar-refractivity contribution in [2.24, 2.45) is 0 Å². The fraction of sp³-hybridized carbons (Fsp3) is 0. The molecule has 1 nitrogen and oxygen atoms in total. The lowest BCUT2D eigenvalue weighted by molar-refractivity contribution is -0.109. The van der Waals surface area contributed by atoms with Crippen LogP contribution in [0.3, 0.4) is 0 Å². The highest BCUT2D eigenvalue weighted by Gasteiger charge is 2.18. The molecule has 0 spiro atoms. The molecule has 0 saturated heterocycles. The summed E-state index contributed by atoms with van der Waals surface area (Å²) >= 11 is 0. The molecule has 3 rings (SSSR count). The molecule has 1 heterocycles. The van der Waals surface area contributed by atoms with Gasteiger partial charge in [0.15, 0.2) is 5.78 Å². The third-order valence-corrected chi connectivity index (χ3v) is 3.66. The third-order valence-electron chi connectivity index (χ3n) is 2.42. The molecule has 0 N–H and O–H groups in total. The Bertz CT molecular complexity index is 605. The van der Waals surface area contributed by atoms with Crippen molar-refractivity contribution < 1.29 is 4.79 Å². The quantitative estimate of drug-likeness (QED) is 0.583. The minimum absolute atomic E-state index is 0.139. The van der Waals surface area contributed by atoms with Crippen LogP contribution in [0.1, 0.15) is 0 Å². The SMILES string of the molecule is O=C1C=CC=C2P=c3ccccc3=C12. The molecule has 0 fully saturated rings. The highest BCUT2D eigenvalue weighted by atomic mass is 31.1. The molecule has 0 radical (unpaired) electrons. The number of fused-ring (bicyclic) bond motifs is 2. The fourth-order valence-electron chi connectivity index (χ4n) is 1.80.